The van der Waals surface area contributed by atoms with Crippen molar-refractivity contribution in [1.29, 1.82) is 0 Å². The van der Waals surface area contributed by atoms with Crippen molar-refractivity contribution < 1.29 is 0 Å². The van der Waals surface area contributed by atoms with Crippen LogP contribution in [0.3, 0.4) is 0 Å². The smallest absolute Gasteiger partial charge is 0.111 e. The second-order valence-electron chi connectivity index (χ2n) is 4.61. The van der Waals surface area contributed by atoms with E-state index in [0.29, 0.717) is 23.9 Å². The van der Waals surface area contributed by atoms with E-state index in [0.717, 1.165) is 22.6 Å². The maximum atomic E-state index is 6.34. The quantitative estimate of drug-likeness (QED) is 0.694. The number of aromatic nitrogens is 4. The lowest BCUT2D eigenvalue weighted by Crippen LogP contribution is -2.09. The molecule has 3 rings (SSSR count). The minimum absolute atomic E-state index is 0.534. The summed E-state index contributed by atoms with van der Waals surface area (Å²) in [6.07, 6.45) is 2.50. The van der Waals surface area contributed by atoms with Gasteiger partial charge in [-0.25, -0.2) is 4.98 Å². The molecular weight excluding hydrogens is 295 g/mol. The Morgan fingerprint density at radius 1 is 1.25 bits per heavy atom. The number of rotatable bonds is 4. The fourth-order valence-electron chi connectivity index (χ4n) is 2.35. The van der Waals surface area contributed by atoms with Crippen LogP contribution >= 0.6 is 23.2 Å². The topological polar surface area (TPSA) is 35.6 Å². The molecule has 4 nitrogen and oxygen atoms in total. The van der Waals surface area contributed by atoms with E-state index >= 15 is 0 Å². The molecule has 20 heavy (non-hydrogen) atoms. The number of alkyl halides is 1. The molecule has 0 aliphatic heterocycles. The maximum absolute atomic E-state index is 6.34. The highest BCUT2D eigenvalue weighted by Gasteiger charge is 2.14. The molecule has 0 amide bonds. The molecule has 6 heteroatoms. The number of fused-ring (bicyclic) bond motifs is 1. The molecule has 1 aromatic carbocycles. The van der Waals surface area contributed by atoms with Crippen molar-refractivity contribution in [2.75, 3.05) is 5.88 Å². The summed E-state index contributed by atoms with van der Waals surface area (Å²) in [6, 6.07) is 7.76. The Kier molecular flexibility index (Phi) is 3.68. The van der Waals surface area contributed by atoms with Gasteiger partial charge in [-0.05, 0) is 18.2 Å². The first-order chi connectivity index (χ1) is 9.70. The van der Waals surface area contributed by atoms with Crippen LogP contribution < -0.4 is 0 Å². The Balaban J connectivity index is 2.15. The van der Waals surface area contributed by atoms with Crippen LogP contribution in [0.25, 0.3) is 11.0 Å². The van der Waals surface area contributed by atoms with Crippen LogP contribution in [0.1, 0.15) is 11.5 Å². The van der Waals surface area contributed by atoms with Gasteiger partial charge < -0.3 is 4.57 Å². The van der Waals surface area contributed by atoms with Crippen LogP contribution in [0, 0.1) is 0 Å². The van der Waals surface area contributed by atoms with Gasteiger partial charge in [-0.2, -0.15) is 5.10 Å². The van der Waals surface area contributed by atoms with Gasteiger partial charge in [-0.15, -0.1) is 11.6 Å². The number of hydrogen-bond acceptors (Lipinski definition) is 2. The molecule has 2 aromatic heterocycles. The van der Waals surface area contributed by atoms with E-state index in [1.54, 1.807) is 6.20 Å². The molecule has 0 spiro atoms. The standard InChI is InChI=1S/C14H14Cl2N4/c1-19-10(6-8-17-19)9-20-13(5-7-15)18-12-4-2-3-11(16)14(12)20/h2-4,6,8H,5,7,9H2,1H3. The van der Waals surface area contributed by atoms with Crippen LogP contribution in [0.15, 0.2) is 30.5 Å². The van der Waals surface area contributed by atoms with Gasteiger partial charge in [0.1, 0.15) is 5.82 Å². The first-order valence-corrected chi connectivity index (χ1v) is 7.28. The molecule has 104 valence electrons. The van der Waals surface area contributed by atoms with Crippen molar-refractivity contribution in [1.82, 2.24) is 19.3 Å². The Labute approximate surface area is 126 Å². The number of imidazole rings is 1. The third-order valence-corrected chi connectivity index (χ3v) is 3.85. The first kappa shape index (κ1) is 13.5. The van der Waals surface area contributed by atoms with Crippen molar-refractivity contribution in [3.05, 3.63) is 47.0 Å². The highest BCUT2D eigenvalue weighted by molar-refractivity contribution is 6.35. The zero-order valence-corrected chi connectivity index (χ0v) is 12.6. The molecule has 0 radical (unpaired) electrons. The molecule has 0 aliphatic carbocycles. The maximum Gasteiger partial charge on any atom is 0.111 e. The highest BCUT2D eigenvalue weighted by atomic mass is 35.5. The normalized spacial score (nSPS) is 11.3. The number of benzene rings is 1. The van der Waals surface area contributed by atoms with E-state index in [1.807, 2.05) is 36.0 Å². The minimum atomic E-state index is 0.534. The average molecular weight is 309 g/mol. The number of hydrogen-bond donors (Lipinski definition) is 0. The first-order valence-electron chi connectivity index (χ1n) is 6.37. The van der Waals surface area contributed by atoms with Gasteiger partial charge in [0.25, 0.3) is 0 Å². The summed E-state index contributed by atoms with van der Waals surface area (Å²) in [6.45, 7) is 0.683. The van der Waals surface area contributed by atoms with Crippen molar-refractivity contribution >= 4 is 34.2 Å². The third kappa shape index (κ3) is 2.30. The SMILES string of the molecule is Cn1nccc1Cn1c(CCCl)nc2cccc(Cl)c21. The fourth-order valence-corrected chi connectivity index (χ4v) is 2.79. The van der Waals surface area contributed by atoms with Crippen LogP contribution in [0.2, 0.25) is 5.02 Å². The fraction of sp³-hybridized carbons (Fsp3) is 0.286. The summed E-state index contributed by atoms with van der Waals surface area (Å²) in [5.41, 5.74) is 2.95. The summed E-state index contributed by atoms with van der Waals surface area (Å²) >= 11 is 12.2. The zero-order valence-electron chi connectivity index (χ0n) is 11.1. The van der Waals surface area contributed by atoms with E-state index in [9.17, 15) is 0 Å². The number of para-hydroxylation sites is 1. The number of nitrogens with zero attached hydrogens (tertiary/aromatic N) is 4. The van der Waals surface area contributed by atoms with Gasteiger partial charge in [-0.3, -0.25) is 4.68 Å². The van der Waals surface area contributed by atoms with E-state index < -0.39 is 0 Å². The molecular formula is C14H14Cl2N4. The summed E-state index contributed by atoms with van der Waals surface area (Å²) in [4.78, 5) is 4.64. The Morgan fingerprint density at radius 2 is 2.10 bits per heavy atom. The monoisotopic (exact) mass is 308 g/mol. The van der Waals surface area contributed by atoms with Crippen molar-refractivity contribution in [2.24, 2.45) is 7.05 Å². The molecule has 0 atom stereocenters. The second kappa shape index (κ2) is 5.46. The van der Waals surface area contributed by atoms with Gasteiger partial charge in [0, 0.05) is 25.5 Å². The van der Waals surface area contributed by atoms with Gasteiger partial charge in [0.15, 0.2) is 0 Å². The predicted molar refractivity (Wildman–Crippen MR) is 81.5 cm³/mol. The Hall–Kier alpha value is -1.52. The lowest BCUT2D eigenvalue weighted by atomic mass is 10.3. The number of aryl methyl sites for hydroxylation is 2. The van der Waals surface area contributed by atoms with E-state index in [2.05, 4.69) is 14.6 Å². The summed E-state index contributed by atoms with van der Waals surface area (Å²) in [7, 11) is 1.93. The molecule has 0 saturated heterocycles. The van der Waals surface area contributed by atoms with Gasteiger partial charge in [0.2, 0.25) is 0 Å². The van der Waals surface area contributed by atoms with Crippen LogP contribution in [0.4, 0.5) is 0 Å². The predicted octanol–water partition coefficient (Wildman–Crippen LogP) is 3.25. The van der Waals surface area contributed by atoms with Crippen molar-refractivity contribution in [3.8, 4) is 0 Å². The lowest BCUT2D eigenvalue weighted by molar-refractivity contribution is 0.657. The Bertz CT molecular complexity index is 745. The van der Waals surface area contributed by atoms with Crippen LogP contribution in [0.5, 0.6) is 0 Å². The van der Waals surface area contributed by atoms with Gasteiger partial charge in [0.05, 0.1) is 28.3 Å². The third-order valence-electron chi connectivity index (χ3n) is 3.36. The molecule has 0 aliphatic rings. The van der Waals surface area contributed by atoms with E-state index in [4.69, 9.17) is 23.2 Å². The zero-order chi connectivity index (χ0) is 14.1. The largest absolute Gasteiger partial charge is 0.321 e. The number of halogens is 2. The van der Waals surface area contributed by atoms with Crippen LogP contribution in [-0.2, 0) is 20.0 Å². The van der Waals surface area contributed by atoms with Crippen molar-refractivity contribution in [2.45, 2.75) is 13.0 Å². The molecule has 0 bridgehead atoms. The molecule has 0 unspecified atom stereocenters. The summed E-state index contributed by atoms with van der Waals surface area (Å²) in [5.74, 6) is 1.48. The molecule has 3 aromatic rings. The lowest BCUT2D eigenvalue weighted by Gasteiger charge is -2.09. The Morgan fingerprint density at radius 3 is 2.80 bits per heavy atom. The molecule has 0 N–H and O–H groups in total. The van der Waals surface area contributed by atoms with E-state index in [1.165, 1.54) is 0 Å². The van der Waals surface area contributed by atoms with Gasteiger partial charge in [-0.1, -0.05) is 17.7 Å². The minimum Gasteiger partial charge on any atom is -0.321 e. The molecule has 2 heterocycles. The summed E-state index contributed by atoms with van der Waals surface area (Å²) in [5, 5.41) is 4.91. The van der Waals surface area contributed by atoms with Gasteiger partial charge >= 0.3 is 0 Å². The van der Waals surface area contributed by atoms with Crippen LogP contribution in [-0.4, -0.2) is 25.2 Å². The summed E-state index contributed by atoms with van der Waals surface area (Å²) < 4.78 is 3.98. The van der Waals surface area contributed by atoms with E-state index in [-0.39, 0.29) is 0 Å². The van der Waals surface area contributed by atoms with Crippen molar-refractivity contribution in [3.63, 3.8) is 0 Å². The molecule has 0 fully saturated rings. The average Bonchev–Trinajstić information content (AvgIpc) is 2.97. The molecule has 0 saturated carbocycles. The highest BCUT2D eigenvalue weighted by Crippen LogP contribution is 2.25. The second-order valence-corrected chi connectivity index (χ2v) is 5.39.